The molecule has 2 N–H and O–H groups in total. The Hall–Kier alpha value is -2.81. The first-order valence-corrected chi connectivity index (χ1v) is 11.4. The van der Waals surface area contributed by atoms with Gasteiger partial charge in [-0.2, -0.15) is 0 Å². The van der Waals surface area contributed by atoms with Gasteiger partial charge in [-0.05, 0) is 49.4 Å². The molecule has 2 amide bonds. The number of carbonyl (C=O) groups is 2. The van der Waals surface area contributed by atoms with Crippen molar-refractivity contribution in [1.82, 2.24) is 20.1 Å². The summed E-state index contributed by atoms with van der Waals surface area (Å²) in [6.07, 6.45) is 1.71. The topological polar surface area (TPSA) is 88.9 Å². The third-order valence-corrected chi connectivity index (χ3v) is 5.79. The van der Waals surface area contributed by atoms with E-state index in [9.17, 15) is 9.59 Å². The van der Waals surface area contributed by atoms with Gasteiger partial charge in [-0.3, -0.25) is 9.59 Å². The van der Waals surface area contributed by atoms with Crippen LogP contribution in [-0.4, -0.2) is 32.3 Å². The molecule has 1 heterocycles. The van der Waals surface area contributed by atoms with E-state index in [-0.39, 0.29) is 17.6 Å². The van der Waals surface area contributed by atoms with E-state index in [1.165, 1.54) is 11.8 Å². The summed E-state index contributed by atoms with van der Waals surface area (Å²) >= 11 is 13.1. The van der Waals surface area contributed by atoms with Gasteiger partial charge in [-0.1, -0.05) is 47.1 Å². The summed E-state index contributed by atoms with van der Waals surface area (Å²) in [7, 11) is 0. The predicted octanol–water partition coefficient (Wildman–Crippen LogP) is 4.99. The lowest BCUT2D eigenvalue weighted by atomic mass is 10.2. The molecule has 0 saturated heterocycles. The van der Waals surface area contributed by atoms with Crippen LogP contribution in [0.15, 0.2) is 66.3 Å². The van der Waals surface area contributed by atoms with Crippen molar-refractivity contribution in [2.75, 3.05) is 11.1 Å². The van der Waals surface area contributed by atoms with Gasteiger partial charge in [0.2, 0.25) is 5.91 Å². The van der Waals surface area contributed by atoms with Crippen LogP contribution in [0.4, 0.5) is 5.69 Å². The Bertz CT molecular complexity index is 1120. The molecule has 0 unspecified atom stereocenters. The number of hydrogen-bond acceptors (Lipinski definition) is 5. The molecule has 0 bridgehead atoms. The van der Waals surface area contributed by atoms with Crippen molar-refractivity contribution in [3.8, 4) is 0 Å². The highest BCUT2D eigenvalue weighted by Crippen LogP contribution is 2.22. The number of amides is 2. The zero-order chi connectivity index (χ0) is 23.1. The molecule has 0 fully saturated rings. The lowest BCUT2D eigenvalue weighted by Crippen LogP contribution is -2.28. The molecular weight excluding hydrogens is 469 g/mol. The maximum absolute atomic E-state index is 12.5. The van der Waals surface area contributed by atoms with E-state index >= 15 is 0 Å². The number of carbonyl (C=O) groups excluding carboxylic acids is 2. The monoisotopic (exact) mass is 489 g/mol. The van der Waals surface area contributed by atoms with Crippen LogP contribution >= 0.6 is 35.0 Å². The SMILES string of the molecule is C=CCn1c(SCC(=O)Nc2cccc(Cl)c2)nnc1[C@H](C)NC(=O)c1ccc(Cl)cc1. The average molecular weight is 490 g/mol. The number of thioether (sulfide) groups is 1. The van der Waals surface area contributed by atoms with E-state index in [1.54, 1.807) is 54.6 Å². The van der Waals surface area contributed by atoms with Crippen molar-refractivity contribution in [2.24, 2.45) is 0 Å². The number of nitrogens with one attached hydrogen (secondary N) is 2. The first-order chi connectivity index (χ1) is 15.4. The molecule has 2 aromatic carbocycles. The number of halogens is 2. The fourth-order valence-electron chi connectivity index (χ4n) is 2.87. The zero-order valence-electron chi connectivity index (χ0n) is 17.2. The number of anilines is 1. The normalized spacial score (nSPS) is 11.6. The molecule has 0 radical (unpaired) electrons. The molecular formula is C22H21Cl2N5O2S. The van der Waals surface area contributed by atoms with Gasteiger partial charge in [0, 0.05) is 27.8 Å². The first-order valence-electron chi connectivity index (χ1n) is 9.66. The van der Waals surface area contributed by atoms with Gasteiger partial charge in [0.1, 0.15) is 0 Å². The molecule has 166 valence electrons. The quantitative estimate of drug-likeness (QED) is 0.326. The minimum absolute atomic E-state index is 0.132. The Morgan fingerprint density at radius 1 is 1.16 bits per heavy atom. The maximum Gasteiger partial charge on any atom is 0.251 e. The first kappa shape index (κ1) is 23.8. The second kappa shape index (κ2) is 11.2. The molecule has 0 aliphatic heterocycles. The highest BCUT2D eigenvalue weighted by molar-refractivity contribution is 7.99. The number of allylic oxidation sites excluding steroid dienone is 1. The number of aromatic nitrogens is 3. The van der Waals surface area contributed by atoms with Crippen molar-refractivity contribution in [3.05, 3.63) is 82.6 Å². The highest BCUT2D eigenvalue weighted by atomic mass is 35.5. The zero-order valence-corrected chi connectivity index (χ0v) is 19.5. The Labute approximate surface area is 200 Å². The molecule has 10 heteroatoms. The fraction of sp³-hybridized carbons (Fsp3) is 0.182. The summed E-state index contributed by atoms with van der Waals surface area (Å²) in [5.74, 6) is 0.242. The van der Waals surface area contributed by atoms with E-state index in [2.05, 4.69) is 27.4 Å². The van der Waals surface area contributed by atoms with Gasteiger partial charge in [0.15, 0.2) is 11.0 Å². The van der Waals surface area contributed by atoms with Crippen molar-refractivity contribution >= 4 is 52.5 Å². The average Bonchev–Trinajstić information content (AvgIpc) is 3.15. The molecule has 32 heavy (non-hydrogen) atoms. The molecule has 0 aliphatic carbocycles. The van der Waals surface area contributed by atoms with Crippen LogP contribution in [0.25, 0.3) is 0 Å². The second-order valence-electron chi connectivity index (χ2n) is 6.79. The van der Waals surface area contributed by atoms with Gasteiger partial charge < -0.3 is 15.2 Å². The Morgan fingerprint density at radius 3 is 2.59 bits per heavy atom. The van der Waals surface area contributed by atoms with Gasteiger partial charge in [0.05, 0.1) is 11.8 Å². The second-order valence-corrected chi connectivity index (χ2v) is 8.60. The number of rotatable bonds is 9. The van der Waals surface area contributed by atoms with Crippen LogP contribution < -0.4 is 10.6 Å². The van der Waals surface area contributed by atoms with Crippen molar-refractivity contribution < 1.29 is 9.59 Å². The fourth-order valence-corrected chi connectivity index (χ4v) is 3.94. The number of hydrogen-bond donors (Lipinski definition) is 2. The Balaban J connectivity index is 1.66. The molecule has 3 aromatic rings. The van der Waals surface area contributed by atoms with Crippen molar-refractivity contribution in [3.63, 3.8) is 0 Å². The van der Waals surface area contributed by atoms with Crippen LogP contribution in [0.3, 0.4) is 0 Å². The van der Waals surface area contributed by atoms with Gasteiger partial charge >= 0.3 is 0 Å². The maximum atomic E-state index is 12.5. The lowest BCUT2D eigenvalue weighted by Gasteiger charge is -2.15. The summed E-state index contributed by atoms with van der Waals surface area (Å²) in [6.45, 7) is 6.03. The van der Waals surface area contributed by atoms with Crippen LogP contribution in [0.5, 0.6) is 0 Å². The molecule has 3 rings (SSSR count). The van der Waals surface area contributed by atoms with Crippen molar-refractivity contribution in [2.45, 2.75) is 24.7 Å². The molecule has 1 atom stereocenters. The largest absolute Gasteiger partial charge is 0.342 e. The Kier molecular flexibility index (Phi) is 8.33. The smallest absolute Gasteiger partial charge is 0.251 e. The summed E-state index contributed by atoms with van der Waals surface area (Å²) in [4.78, 5) is 24.8. The van der Waals surface area contributed by atoms with E-state index in [0.29, 0.717) is 38.8 Å². The van der Waals surface area contributed by atoms with Gasteiger partial charge in [-0.15, -0.1) is 16.8 Å². The highest BCUT2D eigenvalue weighted by Gasteiger charge is 2.20. The predicted molar refractivity (Wildman–Crippen MR) is 128 cm³/mol. The third kappa shape index (κ3) is 6.35. The summed E-state index contributed by atoms with van der Waals surface area (Å²) in [5.41, 5.74) is 1.11. The minimum atomic E-state index is -0.416. The molecule has 0 saturated carbocycles. The summed E-state index contributed by atoms with van der Waals surface area (Å²) in [5, 5.41) is 15.8. The molecule has 7 nitrogen and oxygen atoms in total. The van der Waals surface area contributed by atoms with Crippen molar-refractivity contribution in [1.29, 1.82) is 0 Å². The lowest BCUT2D eigenvalue weighted by molar-refractivity contribution is -0.113. The number of benzene rings is 2. The van der Waals surface area contributed by atoms with E-state index < -0.39 is 6.04 Å². The number of nitrogens with zero attached hydrogens (tertiary/aromatic N) is 3. The Morgan fingerprint density at radius 2 is 1.91 bits per heavy atom. The van der Waals surface area contributed by atoms with E-state index in [1.807, 2.05) is 11.5 Å². The molecule has 0 spiro atoms. The van der Waals surface area contributed by atoms with Crippen LogP contribution in [0.2, 0.25) is 10.0 Å². The summed E-state index contributed by atoms with van der Waals surface area (Å²) < 4.78 is 1.82. The molecule has 1 aromatic heterocycles. The minimum Gasteiger partial charge on any atom is -0.342 e. The van der Waals surface area contributed by atoms with Gasteiger partial charge in [-0.25, -0.2) is 0 Å². The summed E-state index contributed by atoms with van der Waals surface area (Å²) in [6, 6.07) is 13.1. The van der Waals surface area contributed by atoms with E-state index in [0.717, 1.165) is 0 Å². The van der Waals surface area contributed by atoms with Gasteiger partial charge in [0.25, 0.3) is 5.91 Å². The van der Waals surface area contributed by atoms with Crippen LogP contribution in [0.1, 0.15) is 29.1 Å². The van der Waals surface area contributed by atoms with Crippen LogP contribution in [0, 0.1) is 0 Å². The van der Waals surface area contributed by atoms with E-state index in [4.69, 9.17) is 23.2 Å². The van der Waals surface area contributed by atoms with Crippen LogP contribution in [-0.2, 0) is 11.3 Å². The molecule has 0 aliphatic rings. The standard InChI is InChI=1S/C22H21Cl2N5O2S/c1-3-11-29-20(14(2)25-21(31)15-7-9-16(23)10-8-15)27-28-22(29)32-13-19(30)26-18-6-4-5-17(24)12-18/h3-10,12,14H,1,11,13H2,2H3,(H,25,31)(H,26,30)/t14-/m0/s1. The third-order valence-electron chi connectivity index (χ3n) is 4.34.